The molecule has 0 N–H and O–H groups in total. The number of benzene rings is 3. The van der Waals surface area contributed by atoms with Crippen LogP contribution >= 0.6 is 0 Å². The van der Waals surface area contributed by atoms with Crippen LogP contribution in [0.1, 0.15) is 42.0 Å². The minimum absolute atomic E-state index is 0.221. The highest BCUT2D eigenvalue weighted by atomic mass is 16.5. The van der Waals surface area contributed by atoms with E-state index < -0.39 is 0 Å². The molecule has 1 aliphatic rings. The minimum atomic E-state index is 0.221. The van der Waals surface area contributed by atoms with Crippen molar-refractivity contribution in [3.05, 3.63) is 82.9 Å². The standard InChI is InChI=1S/C29H30N2O3/c1-6-16-34-24-14-15-26-25(17-24)28(22-12-10-21(11-13-22)20(2)3)30-19-31(26)18-23-8-7-9-27(32-4)29(23)33-5/h1,7-15,17,20H,16,18-19H2,2-5H3. The van der Waals surface area contributed by atoms with Crippen LogP contribution in [0, 0.1) is 12.3 Å². The van der Waals surface area contributed by atoms with Gasteiger partial charge in [0.2, 0.25) is 0 Å². The molecule has 5 heteroatoms. The monoisotopic (exact) mass is 454 g/mol. The fourth-order valence-electron chi connectivity index (χ4n) is 4.20. The van der Waals surface area contributed by atoms with Gasteiger partial charge in [-0.3, -0.25) is 4.99 Å². The zero-order chi connectivity index (χ0) is 24.1. The van der Waals surface area contributed by atoms with Gasteiger partial charge in [-0.05, 0) is 35.7 Å². The smallest absolute Gasteiger partial charge is 0.165 e. The van der Waals surface area contributed by atoms with Crippen molar-refractivity contribution < 1.29 is 14.2 Å². The molecule has 5 nitrogen and oxygen atoms in total. The lowest BCUT2D eigenvalue weighted by Gasteiger charge is -2.31. The molecule has 0 atom stereocenters. The van der Waals surface area contributed by atoms with Crippen molar-refractivity contribution in [1.82, 2.24) is 0 Å². The van der Waals surface area contributed by atoms with Crippen LogP contribution in [0.3, 0.4) is 0 Å². The van der Waals surface area contributed by atoms with Crippen LogP contribution in [-0.4, -0.2) is 33.2 Å². The molecule has 1 aliphatic heterocycles. The maximum absolute atomic E-state index is 5.73. The summed E-state index contributed by atoms with van der Waals surface area (Å²) in [5.41, 5.74) is 6.46. The third-order valence-corrected chi connectivity index (χ3v) is 5.98. The molecule has 0 bridgehead atoms. The Kier molecular flexibility index (Phi) is 7.08. The third-order valence-electron chi connectivity index (χ3n) is 5.98. The molecule has 0 aliphatic carbocycles. The molecule has 0 saturated carbocycles. The Morgan fingerprint density at radius 1 is 1.03 bits per heavy atom. The molecule has 0 fully saturated rings. The van der Waals surface area contributed by atoms with Gasteiger partial charge in [-0.2, -0.15) is 0 Å². The number of terminal acetylenes is 1. The second-order valence-corrected chi connectivity index (χ2v) is 8.45. The van der Waals surface area contributed by atoms with Crippen molar-refractivity contribution in [2.45, 2.75) is 26.3 Å². The lowest BCUT2D eigenvalue weighted by molar-refractivity contribution is 0.351. The van der Waals surface area contributed by atoms with Crippen LogP contribution < -0.4 is 19.1 Å². The highest BCUT2D eigenvalue weighted by Crippen LogP contribution is 2.36. The summed E-state index contributed by atoms with van der Waals surface area (Å²) < 4.78 is 16.9. The second kappa shape index (κ2) is 10.4. The van der Waals surface area contributed by atoms with Gasteiger partial charge in [0.05, 0.1) is 19.9 Å². The molecule has 0 aromatic heterocycles. The number of rotatable bonds is 8. The Bertz CT molecular complexity index is 1220. The number of hydrogen-bond acceptors (Lipinski definition) is 5. The van der Waals surface area contributed by atoms with E-state index in [-0.39, 0.29) is 6.61 Å². The normalized spacial score (nSPS) is 12.6. The minimum Gasteiger partial charge on any atom is -0.493 e. The van der Waals surface area contributed by atoms with Gasteiger partial charge < -0.3 is 19.1 Å². The van der Waals surface area contributed by atoms with E-state index in [4.69, 9.17) is 25.6 Å². The van der Waals surface area contributed by atoms with Crippen molar-refractivity contribution in [2.24, 2.45) is 4.99 Å². The average Bonchev–Trinajstić information content (AvgIpc) is 2.87. The largest absolute Gasteiger partial charge is 0.493 e. The first kappa shape index (κ1) is 23.3. The highest BCUT2D eigenvalue weighted by molar-refractivity contribution is 6.17. The van der Waals surface area contributed by atoms with E-state index in [0.717, 1.165) is 39.6 Å². The SMILES string of the molecule is C#CCOc1ccc2c(c1)C(c1ccc(C(C)C)cc1)=NCN2Cc1cccc(OC)c1OC. The molecule has 4 rings (SSSR count). The van der Waals surface area contributed by atoms with Gasteiger partial charge in [0, 0.05) is 28.9 Å². The Hall–Kier alpha value is -3.91. The number of hydrogen-bond donors (Lipinski definition) is 0. The second-order valence-electron chi connectivity index (χ2n) is 8.45. The summed E-state index contributed by atoms with van der Waals surface area (Å²) in [5.74, 6) is 5.18. The van der Waals surface area contributed by atoms with Crippen LogP contribution in [0.15, 0.2) is 65.7 Å². The van der Waals surface area contributed by atoms with E-state index >= 15 is 0 Å². The molecule has 0 spiro atoms. The molecule has 0 saturated heterocycles. The first-order chi connectivity index (χ1) is 16.5. The summed E-state index contributed by atoms with van der Waals surface area (Å²) in [6.07, 6.45) is 5.40. The van der Waals surface area contributed by atoms with Gasteiger partial charge in [0.25, 0.3) is 0 Å². The zero-order valence-corrected chi connectivity index (χ0v) is 20.2. The van der Waals surface area contributed by atoms with Crippen molar-refractivity contribution in [1.29, 1.82) is 0 Å². The van der Waals surface area contributed by atoms with E-state index in [1.807, 2.05) is 24.3 Å². The van der Waals surface area contributed by atoms with Crippen molar-refractivity contribution in [3.63, 3.8) is 0 Å². The molecule has 3 aromatic rings. The maximum Gasteiger partial charge on any atom is 0.165 e. The van der Waals surface area contributed by atoms with Crippen LogP contribution in [0.2, 0.25) is 0 Å². The molecular weight excluding hydrogens is 424 g/mol. The number of aliphatic imine (C=N–C) groups is 1. The van der Waals surface area contributed by atoms with Crippen molar-refractivity contribution in [2.75, 3.05) is 32.4 Å². The van der Waals surface area contributed by atoms with Crippen LogP contribution in [0.25, 0.3) is 0 Å². The molecule has 34 heavy (non-hydrogen) atoms. The number of ether oxygens (including phenoxy) is 3. The number of methoxy groups -OCH3 is 2. The summed E-state index contributed by atoms with van der Waals surface area (Å²) in [6, 6.07) is 20.6. The summed E-state index contributed by atoms with van der Waals surface area (Å²) in [5, 5.41) is 0. The molecule has 0 amide bonds. The van der Waals surface area contributed by atoms with Crippen molar-refractivity contribution >= 4 is 11.4 Å². The molecular formula is C29H30N2O3. The van der Waals surface area contributed by atoms with Crippen LogP contribution in [0.4, 0.5) is 5.69 Å². The summed E-state index contributed by atoms with van der Waals surface area (Å²) >= 11 is 0. The van der Waals surface area contributed by atoms with Crippen LogP contribution in [0.5, 0.6) is 17.2 Å². The van der Waals surface area contributed by atoms with Crippen LogP contribution in [-0.2, 0) is 6.54 Å². The van der Waals surface area contributed by atoms with Crippen molar-refractivity contribution in [3.8, 4) is 29.6 Å². The van der Waals surface area contributed by atoms with Gasteiger partial charge >= 0.3 is 0 Å². The Balaban J connectivity index is 1.73. The molecule has 3 aromatic carbocycles. The molecule has 174 valence electrons. The number of para-hydroxylation sites is 1. The van der Waals surface area contributed by atoms with E-state index in [9.17, 15) is 0 Å². The van der Waals surface area contributed by atoms with Gasteiger partial charge in [-0.15, -0.1) is 6.42 Å². The Morgan fingerprint density at radius 2 is 1.82 bits per heavy atom. The van der Waals surface area contributed by atoms with E-state index in [1.165, 1.54) is 5.56 Å². The predicted molar refractivity (Wildman–Crippen MR) is 138 cm³/mol. The van der Waals surface area contributed by atoms with Gasteiger partial charge in [0.1, 0.15) is 19.0 Å². The Labute approximate surface area is 202 Å². The van der Waals surface area contributed by atoms with Gasteiger partial charge in [0.15, 0.2) is 11.5 Å². The summed E-state index contributed by atoms with van der Waals surface area (Å²) in [6.45, 7) is 5.77. The molecule has 0 radical (unpaired) electrons. The number of nitrogens with zero attached hydrogens (tertiary/aromatic N) is 2. The van der Waals surface area contributed by atoms with Gasteiger partial charge in [-0.1, -0.05) is 56.2 Å². The first-order valence-corrected chi connectivity index (χ1v) is 11.4. The lowest BCUT2D eigenvalue weighted by Crippen LogP contribution is -2.30. The fraction of sp³-hybridized carbons (Fsp3) is 0.276. The average molecular weight is 455 g/mol. The molecule has 0 unspecified atom stereocenters. The third kappa shape index (κ3) is 4.72. The van der Waals surface area contributed by atoms with E-state index in [2.05, 4.69) is 61.1 Å². The van der Waals surface area contributed by atoms with E-state index in [0.29, 0.717) is 24.9 Å². The summed E-state index contributed by atoms with van der Waals surface area (Å²) in [7, 11) is 3.31. The first-order valence-electron chi connectivity index (χ1n) is 11.4. The number of fused-ring (bicyclic) bond motifs is 1. The maximum atomic E-state index is 5.73. The molecule has 1 heterocycles. The fourth-order valence-corrected chi connectivity index (χ4v) is 4.20. The number of anilines is 1. The quantitative estimate of drug-likeness (QED) is 0.412. The van der Waals surface area contributed by atoms with Gasteiger partial charge in [-0.25, -0.2) is 0 Å². The lowest BCUT2D eigenvalue weighted by atomic mass is 9.95. The predicted octanol–water partition coefficient (Wildman–Crippen LogP) is 5.65. The topological polar surface area (TPSA) is 43.3 Å². The Morgan fingerprint density at radius 3 is 2.50 bits per heavy atom. The summed E-state index contributed by atoms with van der Waals surface area (Å²) in [4.78, 5) is 7.21. The zero-order valence-electron chi connectivity index (χ0n) is 20.2. The highest BCUT2D eigenvalue weighted by Gasteiger charge is 2.24. The van der Waals surface area contributed by atoms with E-state index in [1.54, 1.807) is 14.2 Å².